The lowest BCUT2D eigenvalue weighted by Crippen LogP contribution is -1.85. The average molecular weight is 160 g/mol. The van der Waals surface area contributed by atoms with Crippen LogP contribution in [-0.2, 0) is 0 Å². The topological polar surface area (TPSA) is 12.4 Å². The minimum absolute atomic E-state index is 0.463. The largest absolute Gasteiger partial charge is 0.261 e. The van der Waals surface area contributed by atoms with Crippen LogP contribution in [0.3, 0.4) is 0 Å². The predicted octanol–water partition coefficient (Wildman–Crippen LogP) is 3.37. The van der Waals surface area contributed by atoms with E-state index < -0.39 is 0 Å². The molecule has 0 unspecified atom stereocenters. The molecule has 0 N–H and O–H groups in total. The molecule has 1 nitrogen and oxygen atoms in total. The smallest absolute Gasteiger partial charge is 0.0552 e. The van der Waals surface area contributed by atoms with E-state index in [1.165, 1.54) is 6.20 Å². The van der Waals surface area contributed by atoms with Gasteiger partial charge in [0.25, 0.3) is 0 Å². The van der Waals surface area contributed by atoms with Crippen LogP contribution in [0.1, 0.15) is 20.8 Å². The maximum Gasteiger partial charge on any atom is 0.0552 e. The molecule has 0 radical (unpaired) electrons. The molecule has 0 spiro atoms. The number of nitrogens with zero attached hydrogens (tertiary/aromatic N) is 1. The van der Waals surface area contributed by atoms with Crippen LogP contribution in [-0.4, -0.2) is 5.71 Å². The zero-order valence-corrected chi connectivity index (χ0v) is 7.57. The van der Waals surface area contributed by atoms with Crippen LogP contribution < -0.4 is 0 Å². The maximum atomic E-state index is 5.43. The van der Waals surface area contributed by atoms with E-state index in [2.05, 4.69) is 18.2 Å². The summed E-state index contributed by atoms with van der Waals surface area (Å²) in [6.07, 6.45) is 1.43. The summed E-state index contributed by atoms with van der Waals surface area (Å²) in [5.41, 5.74) is 0.710. The highest BCUT2D eigenvalue weighted by atomic mass is 35.5. The fraction of sp³-hybridized carbons (Fsp3) is 0.375. The van der Waals surface area contributed by atoms with Gasteiger partial charge in [-0.25, -0.2) is 0 Å². The molecule has 0 saturated heterocycles. The molecule has 2 heteroatoms. The summed E-state index contributed by atoms with van der Waals surface area (Å²) in [4.78, 5) is 3.77. The van der Waals surface area contributed by atoms with Gasteiger partial charge < -0.3 is 0 Å². The second-order valence-corrected chi connectivity index (χ2v) is 1.76. The standard InChI is InChI=1S/C6H8ClN.C2H6/c1-4-8-6(3)5(2)7;1-2/h4H,1-2H2,3H3;1-2H3. The van der Waals surface area contributed by atoms with Crippen molar-refractivity contribution < 1.29 is 0 Å². The highest BCUT2D eigenvalue weighted by Gasteiger charge is 1.87. The first kappa shape index (κ1) is 12.1. The maximum absolute atomic E-state index is 5.43. The molecule has 0 atom stereocenters. The van der Waals surface area contributed by atoms with Crippen LogP contribution in [0.15, 0.2) is 29.4 Å². The van der Waals surface area contributed by atoms with Crippen molar-refractivity contribution in [3.8, 4) is 0 Å². The van der Waals surface area contributed by atoms with Gasteiger partial charge in [0.15, 0.2) is 0 Å². The van der Waals surface area contributed by atoms with Crippen molar-refractivity contribution in [1.29, 1.82) is 0 Å². The summed E-state index contributed by atoms with van der Waals surface area (Å²) >= 11 is 5.43. The van der Waals surface area contributed by atoms with Gasteiger partial charge in [0.2, 0.25) is 0 Å². The summed E-state index contributed by atoms with van der Waals surface area (Å²) in [6, 6.07) is 0. The highest BCUT2D eigenvalue weighted by molar-refractivity contribution is 6.42. The zero-order valence-electron chi connectivity index (χ0n) is 6.82. The molecular weight excluding hydrogens is 146 g/mol. The molecule has 0 rings (SSSR count). The van der Waals surface area contributed by atoms with E-state index in [9.17, 15) is 0 Å². The van der Waals surface area contributed by atoms with Gasteiger partial charge in [0.05, 0.1) is 10.7 Å². The minimum Gasteiger partial charge on any atom is -0.261 e. The molecule has 0 aliphatic rings. The number of allylic oxidation sites excluding steroid dienone is 1. The highest BCUT2D eigenvalue weighted by Crippen LogP contribution is 1.99. The molecule has 0 fully saturated rings. The van der Waals surface area contributed by atoms with Crippen molar-refractivity contribution in [2.75, 3.05) is 0 Å². The molecule has 0 heterocycles. The minimum atomic E-state index is 0.463. The Balaban J connectivity index is 0. The van der Waals surface area contributed by atoms with E-state index in [0.717, 1.165) is 0 Å². The van der Waals surface area contributed by atoms with Gasteiger partial charge in [-0.05, 0) is 6.92 Å². The summed E-state index contributed by atoms with van der Waals surface area (Å²) in [6.45, 7) is 12.6. The van der Waals surface area contributed by atoms with Crippen molar-refractivity contribution in [2.45, 2.75) is 20.8 Å². The van der Waals surface area contributed by atoms with Crippen molar-refractivity contribution in [3.05, 3.63) is 24.4 Å². The molecule has 58 valence electrons. The Bertz CT molecular complexity index is 136. The van der Waals surface area contributed by atoms with Crippen molar-refractivity contribution in [2.24, 2.45) is 4.99 Å². The second kappa shape index (κ2) is 8.44. The third-order valence-corrected chi connectivity index (χ3v) is 0.951. The SMILES string of the molecule is C=CN=C(C)C(=C)Cl.CC. The molecule has 0 aliphatic heterocycles. The summed E-state index contributed by atoms with van der Waals surface area (Å²) < 4.78 is 0. The molecule has 0 bridgehead atoms. The van der Waals surface area contributed by atoms with Gasteiger partial charge >= 0.3 is 0 Å². The Kier molecular flexibility index (Phi) is 10.3. The van der Waals surface area contributed by atoms with Crippen LogP contribution in [0.4, 0.5) is 0 Å². The molecule has 0 aromatic carbocycles. The number of aliphatic imine (C=N–C) groups is 1. The molecule has 0 aromatic heterocycles. The molecule has 10 heavy (non-hydrogen) atoms. The molecule has 0 aliphatic carbocycles. The monoisotopic (exact) mass is 159 g/mol. The second-order valence-electron chi connectivity index (χ2n) is 1.30. The van der Waals surface area contributed by atoms with Crippen LogP contribution in [0.2, 0.25) is 0 Å². The predicted molar refractivity (Wildman–Crippen MR) is 49.6 cm³/mol. The first-order chi connectivity index (χ1) is 4.68. The van der Waals surface area contributed by atoms with Crippen molar-refractivity contribution in [3.63, 3.8) is 0 Å². The lowest BCUT2D eigenvalue weighted by molar-refractivity contribution is 1.50. The fourth-order valence-corrected chi connectivity index (χ4v) is 0.256. The van der Waals surface area contributed by atoms with Gasteiger partial charge in [-0.1, -0.05) is 38.6 Å². The van der Waals surface area contributed by atoms with Crippen molar-refractivity contribution in [1.82, 2.24) is 0 Å². The van der Waals surface area contributed by atoms with Crippen LogP contribution >= 0.6 is 11.6 Å². The number of hydrogen-bond donors (Lipinski definition) is 0. The van der Waals surface area contributed by atoms with Crippen molar-refractivity contribution >= 4 is 17.3 Å². The normalized spacial score (nSPS) is 9.40. The van der Waals surface area contributed by atoms with Gasteiger partial charge in [0.1, 0.15) is 0 Å². The third-order valence-electron chi connectivity index (χ3n) is 0.678. The molecule has 0 aromatic rings. The van der Waals surface area contributed by atoms with E-state index in [1.807, 2.05) is 13.8 Å². The Hall–Kier alpha value is -0.560. The van der Waals surface area contributed by atoms with E-state index in [1.54, 1.807) is 6.92 Å². The Labute approximate surface area is 68.1 Å². The first-order valence-electron chi connectivity index (χ1n) is 3.18. The summed E-state index contributed by atoms with van der Waals surface area (Å²) in [5.74, 6) is 0. The van der Waals surface area contributed by atoms with E-state index in [4.69, 9.17) is 11.6 Å². The average Bonchev–Trinajstić information content (AvgIpc) is 1.93. The van der Waals surface area contributed by atoms with Crippen LogP contribution in [0.5, 0.6) is 0 Å². The van der Waals surface area contributed by atoms with Crippen LogP contribution in [0, 0.1) is 0 Å². The van der Waals surface area contributed by atoms with Gasteiger partial charge in [0, 0.05) is 6.20 Å². The number of halogens is 1. The Morgan fingerprint density at radius 3 is 2.00 bits per heavy atom. The van der Waals surface area contributed by atoms with E-state index >= 15 is 0 Å². The van der Waals surface area contributed by atoms with Crippen LogP contribution in [0.25, 0.3) is 0 Å². The molecule has 0 saturated carbocycles. The molecule has 0 amide bonds. The van der Waals surface area contributed by atoms with Gasteiger partial charge in [-0.15, -0.1) is 0 Å². The third kappa shape index (κ3) is 7.44. The molecular formula is C8H14ClN. The van der Waals surface area contributed by atoms with Gasteiger partial charge in [-0.2, -0.15) is 0 Å². The zero-order chi connectivity index (χ0) is 8.57. The summed E-state index contributed by atoms with van der Waals surface area (Å²) in [5, 5.41) is 0.463. The fourth-order valence-electron chi connectivity index (χ4n) is 0.207. The summed E-state index contributed by atoms with van der Waals surface area (Å²) in [7, 11) is 0. The first-order valence-corrected chi connectivity index (χ1v) is 3.56. The Morgan fingerprint density at radius 2 is 1.90 bits per heavy atom. The van der Waals surface area contributed by atoms with Gasteiger partial charge in [-0.3, -0.25) is 4.99 Å². The number of rotatable bonds is 2. The Morgan fingerprint density at radius 1 is 1.50 bits per heavy atom. The lowest BCUT2D eigenvalue weighted by Gasteiger charge is -1.88. The lowest BCUT2D eigenvalue weighted by atomic mass is 10.4. The quantitative estimate of drug-likeness (QED) is 0.548. The van der Waals surface area contributed by atoms with E-state index in [0.29, 0.717) is 10.7 Å². The van der Waals surface area contributed by atoms with E-state index in [-0.39, 0.29) is 0 Å². The number of hydrogen-bond acceptors (Lipinski definition) is 1.